The van der Waals surface area contributed by atoms with E-state index in [0.717, 1.165) is 6.42 Å². The molecule has 0 amide bonds. The van der Waals surface area contributed by atoms with Gasteiger partial charge in [0.05, 0.1) is 0 Å². The van der Waals surface area contributed by atoms with Gasteiger partial charge in [-0.3, -0.25) is 5.43 Å². The average Bonchev–Trinajstić information content (AvgIpc) is 1.62. The fourth-order valence-electron chi connectivity index (χ4n) is 0.465. The zero-order valence-corrected chi connectivity index (χ0v) is 4.54. The summed E-state index contributed by atoms with van der Waals surface area (Å²) in [4.78, 5) is 0. The molecule has 2 nitrogen and oxygen atoms in total. The van der Waals surface area contributed by atoms with E-state index in [1.165, 1.54) is 0 Å². The third-order valence-corrected chi connectivity index (χ3v) is 0.825. The van der Waals surface area contributed by atoms with E-state index in [1.54, 1.807) is 6.20 Å². The Kier molecular flexibility index (Phi) is 1.92. The van der Waals surface area contributed by atoms with Gasteiger partial charge in [-0.05, 0) is 6.08 Å². The third-order valence-electron chi connectivity index (χ3n) is 0.825. The Hall–Kier alpha value is -1.05. The van der Waals surface area contributed by atoms with Crippen LogP contribution in [0.2, 0.25) is 0 Å². The monoisotopic (exact) mass is 108 g/mol. The number of hydrogen-bond donors (Lipinski definition) is 1. The first-order chi connectivity index (χ1) is 4.00. The van der Waals surface area contributed by atoms with Crippen molar-refractivity contribution in [2.24, 2.45) is 5.10 Å². The molecule has 8 heavy (non-hydrogen) atoms. The molecule has 0 saturated carbocycles. The van der Waals surface area contributed by atoms with Crippen LogP contribution in [0.3, 0.4) is 0 Å². The van der Waals surface area contributed by atoms with Crippen LogP contribution in [0.15, 0.2) is 29.5 Å². The molecule has 1 aliphatic heterocycles. The number of nitrogens with one attached hydrogen (secondary N) is 1. The van der Waals surface area contributed by atoms with Crippen LogP contribution in [0.5, 0.6) is 0 Å². The number of nitrogens with zero attached hydrogens (tertiary/aromatic N) is 1. The van der Waals surface area contributed by atoms with Gasteiger partial charge in [-0.2, -0.15) is 5.10 Å². The summed E-state index contributed by atoms with van der Waals surface area (Å²) in [6, 6.07) is 0. The van der Waals surface area contributed by atoms with E-state index in [1.807, 2.05) is 24.4 Å². The van der Waals surface area contributed by atoms with Crippen molar-refractivity contribution in [2.75, 3.05) is 0 Å². The molecule has 1 N–H and O–H groups in total. The Morgan fingerprint density at radius 3 is 3.38 bits per heavy atom. The van der Waals surface area contributed by atoms with Crippen molar-refractivity contribution in [3.05, 3.63) is 24.4 Å². The minimum atomic E-state index is 0.914. The first-order valence-electron chi connectivity index (χ1n) is 2.59. The maximum absolute atomic E-state index is 3.82. The minimum absolute atomic E-state index is 0.914. The van der Waals surface area contributed by atoms with Gasteiger partial charge < -0.3 is 0 Å². The van der Waals surface area contributed by atoms with Gasteiger partial charge in [0.15, 0.2) is 0 Å². The number of hydrazone groups is 1. The molecule has 0 atom stereocenters. The summed E-state index contributed by atoms with van der Waals surface area (Å²) in [5.41, 5.74) is 2.72. The molecule has 0 aliphatic carbocycles. The maximum Gasteiger partial charge on any atom is 0.0284 e. The van der Waals surface area contributed by atoms with Gasteiger partial charge in [-0.15, -0.1) is 0 Å². The molecule has 0 aromatic rings. The molecule has 0 saturated heterocycles. The molecule has 0 radical (unpaired) electrons. The minimum Gasteiger partial charge on any atom is -0.286 e. The molecule has 1 rings (SSSR count). The van der Waals surface area contributed by atoms with Crippen molar-refractivity contribution in [1.82, 2.24) is 5.43 Å². The van der Waals surface area contributed by atoms with E-state index in [-0.39, 0.29) is 0 Å². The summed E-state index contributed by atoms with van der Waals surface area (Å²) in [5.74, 6) is 0. The average molecular weight is 108 g/mol. The summed E-state index contributed by atoms with van der Waals surface area (Å²) in [6.45, 7) is 0. The van der Waals surface area contributed by atoms with E-state index < -0.39 is 0 Å². The second-order valence-corrected chi connectivity index (χ2v) is 1.46. The molecule has 0 fully saturated rings. The van der Waals surface area contributed by atoms with Crippen LogP contribution < -0.4 is 5.43 Å². The molecule has 0 unspecified atom stereocenters. The lowest BCUT2D eigenvalue weighted by atomic mass is 10.4. The highest BCUT2D eigenvalue weighted by Gasteiger charge is 1.72. The fraction of sp³-hybridized carbons (Fsp3) is 0.167. The van der Waals surface area contributed by atoms with Gasteiger partial charge in [0.1, 0.15) is 0 Å². The van der Waals surface area contributed by atoms with Gasteiger partial charge in [0.2, 0.25) is 0 Å². The van der Waals surface area contributed by atoms with E-state index in [4.69, 9.17) is 0 Å². The molecule has 2 heteroatoms. The van der Waals surface area contributed by atoms with Gasteiger partial charge in [-0.25, -0.2) is 0 Å². The summed E-state index contributed by atoms with van der Waals surface area (Å²) >= 11 is 0. The predicted molar refractivity (Wildman–Crippen MR) is 34.5 cm³/mol. The van der Waals surface area contributed by atoms with Crippen molar-refractivity contribution in [3.63, 3.8) is 0 Å². The SMILES string of the molecule is C1=C\C/C=N\N\C=C/1. The number of allylic oxidation sites excluding steroid dienone is 3. The maximum atomic E-state index is 3.82. The van der Waals surface area contributed by atoms with E-state index >= 15 is 0 Å². The van der Waals surface area contributed by atoms with Crippen LogP contribution >= 0.6 is 0 Å². The zero-order valence-electron chi connectivity index (χ0n) is 4.54. The zero-order chi connectivity index (χ0) is 5.66. The lowest BCUT2D eigenvalue weighted by Gasteiger charge is -1.89. The summed E-state index contributed by atoms with van der Waals surface area (Å²) in [6.07, 6.45) is 10.5. The standard InChI is InChI=1S/C6H8N2/c1-2-4-6-8-7-5-3-1/h1-3,5-7H,4H2/b2-1-,5-3-,8-6-. The highest BCUT2D eigenvalue weighted by atomic mass is 15.3. The summed E-state index contributed by atoms with van der Waals surface area (Å²) < 4.78 is 0. The predicted octanol–water partition coefficient (Wildman–Crippen LogP) is 1.04. The second kappa shape index (κ2) is 3.02. The Morgan fingerprint density at radius 2 is 2.38 bits per heavy atom. The van der Waals surface area contributed by atoms with Crippen LogP contribution in [0.25, 0.3) is 0 Å². The largest absolute Gasteiger partial charge is 0.286 e. The number of hydrogen-bond acceptors (Lipinski definition) is 2. The van der Waals surface area contributed by atoms with E-state index in [2.05, 4.69) is 10.5 Å². The van der Waals surface area contributed by atoms with Crippen molar-refractivity contribution in [2.45, 2.75) is 6.42 Å². The van der Waals surface area contributed by atoms with E-state index in [9.17, 15) is 0 Å². The van der Waals surface area contributed by atoms with Crippen LogP contribution in [0, 0.1) is 0 Å². The van der Waals surface area contributed by atoms with Crippen molar-refractivity contribution in [3.8, 4) is 0 Å². The summed E-state index contributed by atoms with van der Waals surface area (Å²) in [5, 5.41) is 3.82. The molecule has 0 aromatic heterocycles. The quantitative estimate of drug-likeness (QED) is 0.492. The molecule has 1 aliphatic rings. The highest BCUT2D eigenvalue weighted by Crippen LogP contribution is 1.82. The van der Waals surface area contributed by atoms with Crippen molar-refractivity contribution >= 4 is 6.21 Å². The fourth-order valence-corrected chi connectivity index (χ4v) is 0.465. The first kappa shape index (κ1) is 5.09. The normalized spacial score (nSPS) is 29.0. The Morgan fingerprint density at radius 1 is 1.38 bits per heavy atom. The molecule has 1 heterocycles. The second-order valence-electron chi connectivity index (χ2n) is 1.46. The van der Waals surface area contributed by atoms with Crippen LogP contribution in [-0.2, 0) is 0 Å². The molecular formula is C6H8N2. The molecule has 0 aromatic carbocycles. The molecular weight excluding hydrogens is 100 g/mol. The van der Waals surface area contributed by atoms with Gasteiger partial charge in [0.25, 0.3) is 0 Å². The lowest BCUT2D eigenvalue weighted by Crippen LogP contribution is -1.93. The Labute approximate surface area is 48.6 Å². The summed E-state index contributed by atoms with van der Waals surface area (Å²) in [7, 11) is 0. The topological polar surface area (TPSA) is 24.4 Å². The van der Waals surface area contributed by atoms with Gasteiger partial charge in [0, 0.05) is 18.8 Å². The smallest absolute Gasteiger partial charge is 0.0284 e. The van der Waals surface area contributed by atoms with Crippen LogP contribution in [-0.4, -0.2) is 6.21 Å². The Bertz CT molecular complexity index is 117. The van der Waals surface area contributed by atoms with Gasteiger partial charge in [-0.1, -0.05) is 12.2 Å². The Balaban J connectivity index is 2.51. The number of rotatable bonds is 0. The highest BCUT2D eigenvalue weighted by molar-refractivity contribution is 5.59. The van der Waals surface area contributed by atoms with Crippen LogP contribution in [0.4, 0.5) is 0 Å². The van der Waals surface area contributed by atoms with Gasteiger partial charge >= 0.3 is 0 Å². The molecule has 0 bridgehead atoms. The van der Waals surface area contributed by atoms with Crippen molar-refractivity contribution in [1.29, 1.82) is 0 Å². The van der Waals surface area contributed by atoms with E-state index in [0.29, 0.717) is 0 Å². The van der Waals surface area contributed by atoms with Crippen molar-refractivity contribution < 1.29 is 0 Å². The third kappa shape index (κ3) is 1.60. The van der Waals surface area contributed by atoms with Crippen LogP contribution in [0.1, 0.15) is 6.42 Å². The molecule has 42 valence electrons. The molecule has 0 spiro atoms. The first-order valence-corrected chi connectivity index (χ1v) is 2.59. The lowest BCUT2D eigenvalue weighted by molar-refractivity contribution is 0.967.